The molecule has 1 aromatic carbocycles. The molecule has 0 aliphatic rings. The molecule has 0 unspecified atom stereocenters. The minimum Gasteiger partial charge on any atom is -0.497 e. The normalized spacial score (nSPS) is 9.54. The number of benzene rings is 1. The molecule has 0 spiro atoms. The van der Waals surface area contributed by atoms with Crippen LogP contribution in [-0.2, 0) is 0 Å². The average molecular weight is 400 g/mol. The van der Waals surface area contributed by atoms with Crippen molar-refractivity contribution in [2.45, 2.75) is 6.92 Å². The van der Waals surface area contributed by atoms with Crippen LogP contribution in [-0.4, -0.2) is 7.11 Å². The van der Waals surface area contributed by atoms with E-state index in [0.717, 1.165) is 5.75 Å². The summed E-state index contributed by atoms with van der Waals surface area (Å²) in [5.41, 5.74) is 2.56. The zero-order valence-electron chi connectivity index (χ0n) is 7.47. The van der Waals surface area contributed by atoms with Gasteiger partial charge in [0.2, 0.25) is 0 Å². The monoisotopic (exact) mass is 400 g/mol. The zero-order chi connectivity index (χ0) is 9.84. The van der Waals surface area contributed by atoms with E-state index >= 15 is 0 Å². The van der Waals surface area contributed by atoms with Crippen LogP contribution in [0.1, 0.15) is 12.5 Å². The molecule has 0 N–H and O–H groups in total. The van der Waals surface area contributed by atoms with Crippen molar-refractivity contribution in [1.29, 1.82) is 0 Å². The smallest absolute Gasteiger partial charge is 0.118 e. The van der Waals surface area contributed by atoms with Crippen molar-refractivity contribution in [2.75, 3.05) is 7.11 Å². The minimum absolute atomic E-state index is 0.903. The summed E-state index contributed by atoms with van der Waals surface area (Å²) in [6.07, 6.45) is 0. The lowest BCUT2D eigenvalue weighted by Gasteiger charge is -2.03. The summed E-state index contributed by atoms with van der Waals surface area (Å²) in [4.78, 5) is 0. The fourth-order valence-corrected chi connectivity index (χ4v) is 1.57. The number of halogens is 2. The Bertz CT molecular complexity index is 310. The van der Waals surface area contributed by atoms with Gasteiger partial charge in [0, 0.05) is 0 Å². The SMILES string of the molecule is COc1ccc(C(C)=C(I)I)cc1. The van der Waals surface area contributed by atoms with Gasteiger partial charge in [-0.15, -0.1) is 0 Å². The highest BCUT2D eigenvalue weighted by Crippen LogP contribution is 2.28. The Morgan fingerprint density at radius 2 is 1.69 bits per heavy atom. The molecule has 1 aromatic rings. The molecular weight excluding hydrogens is 390 g/mol. The van der Waals surface area contributed by atoms with Gasteiger partial charge in [-0.3, -0.25) is 0 Å². The maximum absolute atomic E-state index is 5.09. The van der Waals surface area contributed by atoms with Crippen LogP contribution in [0, 0.1) is 0 Å². The first kappa shape index (κ1) is 11.3. The van der Waals surface area contributed by atoms with Gasteiger partial charge < -0.3 is 4.74 Å². The van der Waals surface area contributed by atoms with Crippen molar-refractivity contribution in [1.82, 2.24) is 0 Å². The van der Waals surface area contributed by atoms with Gasteiger partial charge in [-0.25, -0.2) is 0 Å². The van der Waals surface area contributed by atoms with E-state index in [1.807, 2.05) is 12.1 Å². The molecule has 70 valence electrons. The summed E-state index contributed by atoms with van der Waals surface area (Å²) in [6, 6.07) is 8.11. The molecular formula is C10H10I2O. The average Bonchev–Trinajstić information content (AvgIpc) is 2.17. The first-order valence-corrected chi connectivity index (χ1v) is 5.97. The lowest BCUT2D eigenvalue weighted by atomic mass is 10.1. The van der Waals surface area contributed by atoms with E-state index in [-0.39, 0.29) is 0 Å². The summed E-state index contributed by atoms with van der Waals surface area (Å²) >= 11 is 4.65. The molecule has 1 rings (SSSR count). The van der Waals surface area contributed by atoms with Gasteiger partial charge in [0.1, 0.15) is 5.75 Å². The second-order valence-electron chi connectivity index (χ2n) is 2.61. The van der Waals surface area contributed by atoms with Crippen molar-refractivity contribution in [3.63, 3.8) is 0 Å². The van der Waals surface area contributed by atoms with Crippen LogP contribution in [0.3, 0.4) is 0 Å². The van der Waals surface area contributed by atoms with Crippen LogP contribution in [0.25, 0.3) is 5.57 Å². The standard InChI is InChI=1S/C10H10I2O/c1-7(10(11)12)8-3-5-9(13-2)6-4-8/h3-6H,1-2H3. The summed E-state index contributed by atoms with van der Waals surface area (Å²) in [7, 11) is 1.68. The number of hydrogen-bond donors (Lipinski definition) is 0. The third kappa shape index (κ3) is 3.12. The first-order chi connectivity index (χ1) is 6.15. The highest BCUT2D eigenvalue weighted by atomic mass is 127. The zero-order valence-corrected chi connectivity index (χ0v) is 11.8. The lowest BCUT2D eigenvalue weighted by Crippen LogP contribution is -1.83. The highest BCUT2D eigenvalue weighted by Gasteiger charge is 1.99. The van der Waals surface area contributed by atoms with Crippen LogP contribution in [0.5, 0.6) is 5.75 Å². The van der Waals surface area contributed by atoms with Crippen molar-refractivity contribution in [3.8, 4) is 5.75 Å². The third-order valence-electron chi connectivity index (χ3n) is 1.81. The number of ether oxygens (including phenoxy) is 1. The van der Waals surface area contributed by atoms with Crippen molar-refractivity contribution in [2.24, 2.45) is 0 Å². The molecule has 3 heteroatoms. The van der Waals surface area contributed by atoms with Gasteiger partial charge in [0.15, 0.2) is 0 Å². The maximum Gasteiger partial charge on any atom is 0.118 e. The molecule has 0 radical (unpaired) electrons. The molecule has 0 saturated heterocycles. The molecule has 0 saturated carbocycles. The molecule has 0 fully saturated rings. The Morgan fingerprint density at radius 3 is 2.08 bits per heavy atom. The summed E-state index contributed by atoms with van der Waals surface area (Å²) in [5.74, 6) is 0.903. The molecule has 0 heterocycles. The Kier molecular flexibility index (Phi) is 4.51. The topological polar surface area (TPSA) is 9.23 Å². The van der Waals surface area contributed by atoms with E-state index in [2.05, 4.69) is 64.2 Å². The van der Waals surface area contributed by atoms with Crippen LogP contribution in [0.15, 0.2) is 25.9 Å². The fourth-order valence-electron chi connectivity index (χ4n) is 0.950. The van der Waals surface area contributed by atoms with Gasteiger partial charge in [0.25, 0.3) is 0 Å². The van der Waals surface area contributed by atoms with E-state index in [1.165, 1.54) is 12.7 Å². The summed E-state index contributed by atoms with van der Waals surface area (Å²) < 4.78 is 6.38. The first-order valence-electron chi connectivity index (χ1n) is 3.81. The number of hydrogen-bond acceptors (Lipinski definition) is 1. The van der Waals surface area contributed by atoms with Crippen LogP contribution < -0.4 is 4.74 Å². The van der Waals surface area contributed by atoms with E-state index < -0.39 is 0 Å². The van der Waals surface area contributed by atoms with E-state index in [9.17, 15) is 0 Å². The summed E-state index contributed by atoms with van der Waals surface area (Å²) in [5, 5.41) is 0. The van der Waals surface area contributed by atoms with Gasteiger partial charge in [-0.05, 0) is 75.4 Å². The molecule has 1 nitrogen and oxygen atoms in total. The van der Waals surface area contributed by atoms with Crippen LogP contribution in [0.2, 0.25) is 0 Å². The summed E-state index contributed by atoms with van der Waals surface area (Å²) in [6.45, 7) is 2.12. The van der Waals surface area contributed by atoms with Gasteiger partial charge >= 0.3 is 0 Å². The molecule has 0 bridgehead atoms. The van der Waals surface area contributed by atoms with Crippen molar-refractivity contribution >= 4 is 50.8 Å². The predicted octanol–water partition coefficient (Wildman–Crippen LogP) is 4.25. The van der Waals surface area contributed by atoms with E-state index in [0.29, 0.717) is 0 Å². The Labute approximate surface area is 106 Å². The minimum atomic E-state index is 0.903. The molecule has 0 aromatic heterocycles. The van der Waals surface area contributed by atoms with Crippen molar-refractivity contribution < 1.29 is 4.74 Å². The molecule has 0 aliphatic carbocycles. The number of allylic oxidation sites excluding steroid dienone is 1. The molecule has 0 atom stereocenters. The number of methoxy groups -OCH3 is 1. The largest absolute Gasteiger partial charge is 0.497 e. The molecule has 0 amide bonds. The Hall–Kier alpha value is 0.220. The van der Waals surface area contributed by atoms with Crippen LogP contribution in [0.4, 0.5) is 0 Å². The Morgan fingerprint density at radius 1 is 1.15 bits per heavy atom. The van der Waals surface area contributed by atoms with Crippen molar-refractivity contribution in [3.05, 3.63) is 31.4 Å². The second-order valence-corrected chi connectivity index (χ2v) is 6.84. The predicted molar refractivity (Wildman–Crippen MR) is 73.6 cm³/mol. The third-order valence-corrected chi connectivity index (χ3v) is 3.42. The Balaban J connectivity index is 2.99. The fraction of sp³-hybridized carbons (Fsp3) is 0.200. The number of rotatable bonds is 2. The molecule has 0 aliphatic heterocycles. The van der Waals surface area contributed by atoms with Gasteiger partial charge in [0.05, 0.1) is 8.70 Å². The second kappa shape index (κ2) is 5.19. The molecule has 13 heavy (non-hydrogen) atoms. The van der Waals surface area contributed by atoms with Gasteiger partial charge in [-0.1, -0.05) is 12.1 Å². The van der Waals surface area contributed by atoms with E-state index in [1.54, 1.807) is 7.11 Å². The lowest BCUT2D eigenvalue weighted by molar-refractivity contribution is 0.415. The quantitative estimate of drug-likeness (QED) is 0.675. The van der Waals surface area contributed by atoms with Gasteiger partial charge in [-0.2, -0.15) is 0 Å². The maximum atomic E-state index is 5.09. The van der Waals surface area contributed by atoms with E-state index in [4.69, 9.17) is 4.74 Å². The highest BCUT2D eigenvalue weighted by molar-refractivity contribution is 14.2. The van der Waals surface area contributed by atoms with Crippen LogP contribution >= 0.6 is 45.2 Å².